The van der Waals surface area contributed by atoms with Crippen molar-refractivity contribution in [3.8, 4) is 0 Å². The minimum Gasteiger partial charge on any atom is -0.480 e. The number of carboxylic acid groups (broad SMARTS) is 1. The van der Waals surface area contributed by atoms with E-state index in [2.05, 4.69) is 24.4 Å². The smallest absolute Gasteiger partial charge is 0.472 e. The number of carbonyl (C=O) groups is 3. The van der Waals surface area contributed by atoms with Crippen LogP contribution in [-0.4, -0.2) is 59.9 Å². The monoisotopic (exact) mass is 796 g/mol. The van der Waals surface area contributed by atoms with Crippen molar-refractivity contribution in [2.45, 2.75) is 174 Å². The number of aliphatic carboxylic acids is 1. The Hall–Kier alpha value is -2.82. The first-order chi connectivity index (χ1) is 26.6. The summed E-state index contributed by atoms with van der Waals surface area (Å²) in [6, 6.07) is -1.53. The van der Waals surface area contributed by atoms with Gasteiger partial charge in [0, 0.05) is 12.8 Å². The predicted octanol–water partition coefficient (Wildman–Crippen LogP) is 10.8. The molecule has 3 atom stereocenters. The molecule has 0 aromatic heterocycles. The maximum absolute atomic E-state index is 12.5. The van der Waals surface area contributed by atoms with Crippen LogP contribution in [0.5, 0.6) is 0 Å². The molecule has 316 valence electrons. The molecule has 0 fully saturated rings. The first-order valence-electron chi connectivity index (χ1n) is 20.9. The number of allylic oxidation sites excluding steroid dienone is 10. The van der Waals surface area contributed by atoms with Crippen molar-refractivity contribution in [3.63, 3.8) is 0 Å². The summed E-state index contributed by atoms with van der Waals surface area (Å²) in [5.74, 6) is -2.48. The van der Waals surface area contributed by atoms with Crippen molar-refractivity contribution in [1.29, 1.82) is 0 Å². The fraction of sp³-hybridized carbons (Fsp3) is 0.698. The van der Waals surface area contributed by atoms with Crippen LogP contribution in [0.2, 0.25) is 0 Å². The lowest BCUT2D eigenvalue weighted by Gasteiger charge is -2.20. The molecule has 0 aromatic carbocycles. The van der Waals surface area contributed by atoms with Crippen LogP contribution in [0.4, 0.5) is 0 Å². The van der Waals surface area contributed by atoms with E-state index in [1.165, 1.54) is 89.9 Å². The number of hydrogen-bond acceptors (Lipinski definition) is 9. The number of phosphoric acid groups is 1. The predicted molar refractivity (Wildman–Crippen MR) is 221 cm³/mol. The van der Waals surface area contributed by atoms with Gasteiger partial charge in [-0.15, -0.1) is 0 Å². The topological polar surface area (TPSA) is 172 Å². The summed E-state index contributed by atoms with van der Waals surface area (Å²) < 4.78 is 32.5. The van der Waals surface area contributed by atoms with Crippen molar-refractivity contribution in [1.82, 2.24) is 0 Å². The maximum atomic E-state index is 12.5. The Morgan fingerprint density at radius 3 is 1.51 bits per heavy atom. The van der Waals surface area contributed by atoms with Gasteiger partial charge >= 0.3 is 25.7 Å². The van der Waals surface area contributed by atoms with Crippen LogP contribution in [0.3, 0.4) is 0 Å². The van der Waals surface area contributed by atoms with E-state index >= 15 is 0 Å². The van der Waals surface area contributed by atoms with E-state index in [-0.39, 0.29) is 19.4 Å². The van der Waals surface area contributed by atoms with E-state index < -0.39 is 51.1 Å². The number of esters is 2. The van der Waals surface area contributed by atoms with Gasteiger partial charge in [-0.2, -0.15) is 0 Å². The molecule has 0 aliphatic carbocycles. The van der Waals surface area contributed by atoms with Gasteiger partial charge in [0.15, 0.2) is 6.10 Å². The first kappa shape index (κ1) is 52.2. The third kappa shape index (κ3) is 37.9. The number of ether oxygens (including phenoxy) is 2. The molecule has 0 spiro atoms. The van der Waals surface area contributed by atoms with Gasteiger partial charge in [-0.3, -0.25) is 23.4 Å². The molecule has 0 rings (SSSR count). The van der Waals surface area contributed by atoms with E-state index in [0.717, 1.165) is 25.7 Å². The number of unbranched alkanes of at least 4 members (excludes halogenated alkanes) is 18. The summed E-state index contributed by atoms with van der Waals surface area (Å²) in [6.07, 6.45) is 43.1. The second-order valence-electron chi connectivity index (χ2n) is 13.9. The van der Waals surface area contributed by atoms with Gasteiger partial charge in [0.05, 0.1) is 13.2 Å². The molecule has 0 aliphatic heterocycles. The second kappa shape index (κ2) is 38.1. The Balaban J connectivity index is 4.43. The summed E-state index contributed by atoms with van der Waals surface area (Å²) in [5, 5.41) is 8.87. The molecule has 4 N–H and O–H groups in total. The molecule has 0 bridgehead atoms. The molecule has 11 nitrogen and oxygen atoms in total. The summed E-state index contributed by atoms with van der Waals surface area (Å²) in [7, 11) is -4.73. The molecule has 12 heteroatoms. The third-order valence-corrected chi connectivity index (χ3v) is 9.61. The zero-order valence-electron chi connectivity index (χ0n) is 34.0. The molecule has 0 saturated heterocycles. The Kier molecular flexibility index (Phi) is 36.1. The van der Waals surface area contributed by atoms with Gasteiger partial charge < -0.3 is 25.2 Å². The molecule has 0 amide bonds. The fourth-order valence-electron chi connectivity index (χ4n) is 5.39. The molecule has 2 unspecified atom stereocenters. The van der Waals surface area contributed by atoms with Crippen LogP contribution in [-0.2, 0) is 37.5 Å². The minimum absolute atomic E-state index is 0.0640. The van der Waals surface area contributed by atoms with E-state index in [1.54, 1.807) is 0 Å². The van der Waals surface area contributed by atoms with Crippen molar-refractivity contribution in [2.75, 3.05) is 19.8 Å². The highest BCUT2D eigenvalue weighted by atomic mass is 31.2. The summed E-state index contributed by atoms with van der Waals surface area (Å²) >= 11 is 0. The zero-order valence-corrected chi connectivity index (χ0v) is 34.9. The van der Waals surface area contributed by atoms with E-state index in [9.17, 15) is 23.8 Å². The SMILES string of the molecule is CC/C=C/C=C/C=C/C=C/C=C/CCCC(=O)OC(COC(=O)CCCCCCCCCCCCCCCCCCCC)COP(=O)(O)OC[C@@H](N)C(=O)O. The molecule has 0 radical (unpaired) electrons. The molecular formula is C43H74NO10P. The number of hydrogen-bond donors (Lipinski definition) is 3. The van der Waals surface area contributed by atoms with Crippen LogP contribution in [0.1, 0.15) is 162 Å². The normalized spacial score (nSPS) is 14.4. The van der Waals surface area contributed by atoms with E-state index in [1.807, 2.05) is 54.7 Å². The summed E-state index contributed by atoms with van der Waals surface area (Å²) in [6.45, 7) is 2.58. The van der Waals surface area contributed by atoms with Crippen molar-refractivity contribution < 1.29 is 47.5 Å². The Morgan fingerprint density at radius 2 is 1.02 bits per heavy atom. The van der Waals surface area contributed by atoms with Crippen LogP contribution >= 0.6 is 7.82 Å². The Morgan fingerprint density at radius 1 is 0.582 bits per heavy atom. The van der Waals surface area contributed by atoms with Crippen LogP contribution in [0, 0.1) is 0 Å². The quantitative estimate of drug-likeness (QED) is 0.0235. The molecule has 0 saturated carbocycles. The van der Waals surface area contributed by atoms with Gasteiger partial charge in [0.2, 0.25) is 0 Å². The highest BCUT2D eigenvalue weighted by Gasteiger charge is 2.28. The molecule has 0 aromatic rings. The zero-order chi connectivity index (χ0) is 40.7. The largest absolute Gasteiger partial charge is 0.480 e. The molecule has 0 heterocycles. The second-order valence-corrected chi connectivity index (χ2v) is 15.3. The van der Waals surface area contributed by atoms with Crippen molar-refractivity contribution in [2.24, 2.45) is 5.73 Å². The van der Waals surface area contributed by atoms with Crippen molar-refractivity contribution in [3.05, 3.63) is 60.8 Å². The van der Waals surface area contributed by atoms with Gasteiger partial charge in [-0.25, -0.2) is 4.57 Å². The van der Waals surface area contributed by atoms with E-state index in [0.29, 0.717) is 19.3 Å². The lowest BCUT2D eigenvalue weighted by molar-refractivity contribution is -0.161. The average Bonchev–Trinajstić information content (AvgIpc) is 3.16. The lowest BCUT2D eigenvalue weighted by Crippen LogP contribution is -2.34. The fourth-order valence-corrected chi connectivity index (χ4v) is 6.17. The van der Waals surface area contributed by atoms with E-state index in [4.69, 9.17) is 24.8 Å². The van der Waals surface area contributed by atoms with Gasteiger partial charge in [-0.1, -0.05) is 184 Å². The number of carboxylic acids is 1. The first-order valence-corrected chi connectivity index (χ1v) is 22.4. The maximum Gasteiger partial charge on any atom is 0.472 e. The van der Waals surface area contributed by atoms with Crippen LogP contribution in [0.25, 0.3) is 0 Å². The highest BCUT2D eigenvalue weighted by Crippen LogP contribution is 2.43. The number of carbonyl (C=O) groups excluding carboxylic acids is 2. The van der Waals surface area contributed by atoms with Gasteiger partial charge in [0.1, 0.15) is 12.6 Å². The third-order valence-electron chi connectivity index (χ3n) is 8.66. The molecule has 0 aliphatic rings. The summed E-state index contributed by atoms with van der Waals surface area (Å²) in [4.78, 5) is 45.8. The highest BCUT2D eigenvalue weighted by molar-refractivity contribution is 7.47. The van der Waals surface area contributed by atoms with Crippen molar-refractivity contribution >= 4 is 25.7 Å². The number of rotatable bonds is 38. The average molecular weight is 796 g/mol. The Bertz CT molecular complexity index is 1170. The number of nitrogens with two attached hydrogens (primary N) is 1. The van der Waals surface area contributed by atoms with Gasteiger partial charge in [0.25, 0.3) is 0 Å². The molecular weight excluding hydrogens is 721 g/mol. The van der Waals surface area contributed by atoms with Crippen LogP contribution in [0.15, 0.2) is 60.8 Å². The lowest BCUT2D eigenvalue weighted by atomic mass is 10.0. The number of phosphoric ester groups is 1. The molecule has 55 heavy (non-hydrogen) atoms. The van der Waals surface area contributed by atoms with Crippen LogP contribution < -0.4 is 5.73 Å². The minimum atomic E-state index is -4.73. The Labute approximate surface area is 332 Å². The van der Waals surface area contributed by atoms with Gasteiger partial charge in [-0.05, 0) is 25.7 Å². The standard InChI is InChI=1S/C43H74NO10P/c1-3-5-7-9-11-13-15-17-18-19-20-21-23-24-26-28-30-32-34-41(45)51-36-39(37-52-55(49,50)53-38-40(44)43(47)48)54-42(46)35-33-31-29-27-25-22-16-14-12-10-8-6-4-2/h6,8,10,12,14,16,22,25,27,29,39-40H,3-5,7,9,11,13,15,17-21,23-24,26,28,30-38,44H2,1-2H3,(H,47,48)(H,49,50)/b8-6+,12-10+,16-14+,25-22+,29-27+/t39?,40-/m1/s1. The summed E-state index contributed by atoms with van der Waals surface area (Å²) in [5.41, 5.74) is 5.32.